The van der Waals surface area contributed by atoms with Gasteiger partial charge in [-0.25, -0.2) is 0 Å². The summed E-state index contributed by atoms with van der Waals surface area (Å²) in [5, 5.41) is 30.3. The van der Waals surface area contributed by atoms with Crippen LogP contribution in [-0.4, -0.2) is 33.7 Å². The molecule has 0 aliphatic heterocycles. The first-order valence-corrected chi connectivity index (χ1v) is 11.9. The molecule has 7 atom stereocenters. The lowest BCUT2D eigenvalue weighted by atomic mass is 9.44. The number of fused-ring (bicyclic) bond motifs is 5. The number of aromatic hydroxyl groups is 1. The van der Waals surface area contributed by atoms with Crippen molar-refractivity contribution >= 4 is 0 Å². The standard InChI is InChI=1S/C26H35F3O3/c1-3-25-13-12-16-14-18(30)8-9-19(16)23(25)17(6-4-5-7-22(32)26(27,28)29)15-24(2)20(25)10-11-21(24)31/h3,8-9,14,17,20-23,30-32H,1,4-7,10-13,15H2,2H3/t17-,20+,21-,22-,23+,24-,25?/m0/s1. The van der Waals surface area contributed by atoms with Gasteiger partial charge in [0.25, 0.3) is 0 Å². The molecule has 0 radical (unpaired) electrons. The van der Waals surface area contributed by atoms with Crippen molar-refractivity contribution < 1.29 is 28.5 Å². The van der Waals surface area contributed by atoms with E-state index < -0.39 is 12.3 Å². The maximum absolute atomic E-state index is 12.7. The van der Waals surface area contributed by atoms with Crippen LogP contribution in [0.5, 0.6) is 5.75 Å². The molecule has 1 aromatic rings. The van der Waals surface area contributed by atoms with E-state index in [0.29, 0.717) is 18.8 Å². The van der Waals surface area contributed by atoms with Gasteiger partial charge in [0.2, 0.25) is 0 Å². The summed E-state index contributed by atoms with van der Waals surface area (Å²) in [5.74, 6) is 0.955. The molecule has 3 aliphatic carbocycles. The Labute approximate surface area is 188 Å². The highest BCUT2D eigenvalue weighted by atomic mass is 19.4. The van der Waals surface area contributed by atoms with Crippen LogP contribution in [0.1, 0.15) is 75.3 Å². The van der Waals surface area contributed by atoms with Gasteiger partial charge >= 0.3 is 6.18 Å². The number of alkyl halides is 3. The van der Waals surface area contributed by atoms with Crippen molar-refractivity contribution in [3.63, 3.8) is 0 Å². The molecule has 1 aromatic carbocycles. The van der Waals surface area contributed by atoms with Crippen molar-refractivity contribution in [1.29, 1.82) is 0 Å². The summed E-state index contributed by atoms with van der Waals surface area (Å²) in [6.45, 7) is 6.44. The molecule has 6 heteroatoms. The lowest BCUT2D eigenvalue weighted by Gasteiger charge is -2.60. The Balaban J connectivity index is 1.63. The van der Waals surface area contributed by atoms with E-state index in [0.717, 1.165) is 44.1 Å². The third-order valence-corrected chi connectivity index (χ3v) is 9.04. The van der Waals surface area contributed by atoms with Crippen molar-refractivity contribution in [3.05, 3.63) is 42.0 Å². The van der Waals surface area contributed by atoms with E-state index in [9.17, 15) is 28.5 Å². The smallest absolute Gasteiger partial charge is 0.414 e. The zero-order valence-corrected chi connectivity index (χ0v) is 18.7. The first kappa shape index (κ1) is 23.6. The highest BCUT2D eigenvalue weighted by Gasteiger charge is 2.63. The van der Waals surface area contributed by atoms with Gasteiger partial charge in [-0.2, -0.15) is 13.2 Å². The van der Waals surface area contributed by atoms with Crippen molar-refractivity contribution in [2.75, 3.05) is 0 Å². The quantitative estimate of drug-likeness (QED) is 0.373. The maximum Gasteiger partial charge on any atom is 0.414 e. The molecule has 0 spiro atoms. The van der Waals surface area contributed by atoms with Crippen molar-refractivity contribution in [1.82, 2.24) is 0 Å². The molecule has 178 valence electrons. The number of unbranched alkanes of at least 4 members (excludes halogenated alkanes) is 1. The molecule has 2 fully saturated rings. The molecule has 0 aromatic heterocycles. The topological polar surface area (TPSA) is 60.7 Å². The van der Waals surface area contributed by atoms with Gasteiger partial charge in [-0.05, 0) is 96.8 Å². The molecule has 3 aliphatic rings. The molecular formula is C26H35F3O3. The lowest BCUT2D eigenvalue weighted by Crippen LogP contribution is -2.54. The summed E-state index contributed by atoms with van der Waals surface area (Å²) in [5.41, 5.74) is 1.98. The lowest BCUT2D eigenvalue weighted by molar-refractivity contribution is -0.205. The predicted molar refractivity (Wildman–Crippen MR) is 117 cm³/mol. The van der Waals surface area contributed by atoms with E-state index in [1.165, 1.54) is 5.56 Å². The number of aliphatic hydroxyl groups excluding tert-OH is 2. The molecule has 0 amide bonds. The molecule has 0 heterocycles. The zero-order valence-electron chi connectivity index (χ0n) is 18.7. The summed E-state index contributed by atoms with van der Waals surface area (Å²) in [7, 11) is 0. The Morgan fingerprint density at radius 3 is 2.69 bits per heavy atom. The molecule has 0 bridgehead atoms. The zero-order chi connectivity index (χ0) is 23.3. The van der Waals surface area contributed by atoms with Crippen LogP contribution in [0.25, 0.3) is 0 Å². The minimum Gasteiger partial charge on any atom is -0.508 e. The van der Waals surface area contributed by atoms with Gasteiger partial charge < -0.3 is 15.3 Å². The van der Waals surface area contributed by atoms with E-state index in [2.05, 4.69) is 19.6 Å². The molecule has 4 rings (SSSR count). The minimum absolute atomic E-state index is 0.162. The molecule has 3 nitrogen and oxygen atoms in total. The van der Waals surface area contributed by atoms with Gasteiger partial charge in [-0.1, -0.05) is 31.9 Å². The number of aliphatic hydroxyl groups is 2. The maximum atomic E-state index is 12.7. The molecule has 32 heavy (non-hydrogen) atoms. The second-order valence-electron chi connectivity index (χ2n) is 10.6. The minimum atomic E-state index is -4.57. The number of aryl methyl sites for hydroxylation is 1. The van der Waals surface area contributed by atoms with Gasteiger partial charge in [-0.3, -0.25) is 0 Å². The summed E-state index contributed by atoms with van der Waals surface area (Å²) >= 11 is 0. The van der Waals surface area contributed by atoms with Crippen LogP contribution in [0.2, 0.25) is 0 Å². The van der Waals surface area contributed by atoms with E-state index in [4.69, 9.17) is 0 Å². The van der Waals surface area contributed by atoms with E-state index in [1.807, 2.05) is 12.1 Å². The van der Waals surface area contributed by atoms with Gasteiger partial charge in [0, 0.05) is 0 Å². The van der Waals surface area contributed by atoms with Gasteiger partial charge in [-0.15, -0.1) is 6.58 Å². The largest absolute Gasteiger partial charge is 0.508 e. The molecule has 2 saturated carbocycles. The Morgan fingerprint density at radius 1 is 1.25 bits per heavy atom. The number of hydrogen-bond acceptors (Lipinski definition) is 3. The van der Waals surface area contributed by atoms with Crippen molar-refractivity contribution in [3.8, 4) is 5.75 Å². The van der Waals surface area contributed by atoms with E-state index in [-0.39, 0.29) is 40.9 Å². The number of halogens is 3. The number of benzene rings is 1. The number of allylic oxidation sites excluding steroid dienone is 1. The van der Waals surface area contributed by atoms with Crippen LogP contribution in [0, 0.1) is 22.7 Å². The highest BCUT2D eigenvalue weighted by Crippen LogP contribution is 2.69. The Kier molecular flexibility index (Phi) is 6.17. The van der Waals surface area contributed by atoms with Crippen LogP contribution in [0.3, 0.4) is 0 Å². The molecule has 0 saturated heterocycles. The second kappa shape index (κ2) is 8.35. The fourth-order valence-corrected chi connectivity index (χ4v) is 7.60. The summed E-state index contributed by atoms with van der Waals surface area (Å²) in [6.07, 6.45) is 0.612. The average Bonchev–Trinajstić information content (AvgIpc) is 3.04. The van der Waals surface area contributed by atoms with Gasteiger partial charge in [0.1, 0.15) is 11.9 Å². The third-order valence-electron chi connectivity index (χ3n) is 9.04. The Bertz CT molecular complexity index is 853. The number of phenols is 1. The van der Waals surface area contributed by atoms with Crippen molar-refractivity contribution in [2.24, 2.45) is 22.7 Å². The second-order valence-corrected chi connectivity index (χ2v) is 10.6. The summed E-state index contributed by atoms with van der Waals surface area (Å²) in [6, 6.07) is 5.59. The van der Waals surface area contributed by atoms with Crippen LogP contribution in [0.4, 0.5) is 13.2 Å². The van der Waals surface area contributed by atoms with Crippen LogP contribution in [0.15, 0.2) is 30.9 Å². The number of hydrogen-bond donors (Lipinski definition) is 3. The Morgan fingerprint density at radius 2 is 2.00 bits per heavy atom. The summed E-state index contributed by atoms with van der Waals surface area (Å²) in [4.78, 5) is 0. The monoisotopic (exact) mass is 452 g/mol. The fourth-order valence-electron chi connectivity index (χ4n) is 7.60. The fraction of sp³-hybridized carbons (Fsp3) is 0.692. The van der Waals surface area contributed by atoms with Crippen molar-refractivity contribution in [2.45, 2.75) is 89.0 Å². The van der Waals surface area contributed by atoms with Gasteiger partial charge in [0.15, 0.2) is 0 Å². The Hall–Kier alpha value is -1.53. The highest BCUT2D eigenvalue weighted by molar-refractivity contribution is 5.43. The van der Waals surface area contributed by atoms with Crippen LogP contribution < -0.4 is 0 Å². The summed E-state index contributed by atoms with van der Waals surface area (Å²) < 4.78 is 38.0. The first-order valence-electron chi connectivity index (χ1n) is 11.9. The normalized spacial score (nSPS) is 37.3. The molecular weight excluding hydrogens is 417 g/mol. The number of rotatable bonds is 6. The third kappa shape index (κ3) is 3.77. The van der Waals surface area contributed by atoms with E-state index >= 15 is 0 Å². The molecule has 1 unspecified atom stereocenters. The molecule has 3 N–H and O–H groups in total. The first-order chi connectivity index (χ1) is 15.0. The van der Waals surface area contributed by atoms with Crippen LogP contribution in [-0.2, 0) is 6.42 Å². The number of phenolic OH excluding ortho intramolecular Hbond substituents is 1. The van der Waals surface area contributed by atoms with Gasteiger partial charge in [0.05, 0.1) is 6.10 Å². The van der Waals surface area contributed by atoms with Crippen LogP contribution >= 0.6 is 0 Å². The SMILES string of the molecule is C=CC12CCc3cc(O)ccc3[C@H]1[C@@H](CCCC[C@H](O)C(F)(F)F)C[C@]1(C)[C@@H](O)CC[C@@H]21. The average molecular weight is 453 g/mol. The van der Waals surface area contributed by atoms with E-state index in [1.54, 1.807) is 6.07 Å². The predicted octanol–water partition coefficient (Wildman–Crippen LogP) is 5.88.